The van der Waals surface area contributed by atoms with Gasteiger partial charge in [0.1, 0.15) is 12.4 Å². The number of methoxy groups -OCH3 is 1. The molecule has 0 N–H and O–H groups in total. The highest BCUT2D eigenvalue weighted by atomic mass is 16.6. The molecule has 1 aliphatic heterocycles. The van der Waals surface area contributed by atoms with Gasteiger partial charge in [-0.25, -0.2) is 4.79 Å². The van der Waals surface area contributed by atoms with Crippen molar-refractivity contribution in [1.82, 2.24) is 0 Å². The second-order valence-electron chi connectivity index (χ2n) is 3.96. The molecule has 0 bridgehead atoms. The lowest BCUT2D eigenvalue weighted by Crippen LogP contribution is -2.17. The van der Waals surface area contributed by atoms with Gasteiger partial charge in [-0.1, -0.05) is 0 Å². The van der Waals surface area contributed by atoms with Crippen molar-refractivity contribution in [3.8, 4) is 5.75 Å². The van der Waals surface area contributed by atoms with E-state index >= 15 is 0 Å². The van der Waals surface area contributed by atoms with Gasteiger partial charge in [-0.15, -0.1) is 0 Å². The van der Waals surface area contributed by atoms with Crippen LogP contribution in [0.15, 0.2) is 24.3 Å². The first kappa shape index (κ1) is 11.9. The molecule has 0 saturated carbocycles. The third-order valence-electron chi connectivity index (χ3n) is 2.75. The van der Waals surface area contributed by atoms with Gasteiger partial charge in [-0.2, -0.15) is 0 Å². The predicted molar refractivity (Wildman–Crippen MR) is 62.3 cm³/mol. The van der Waals surface area contributed by atoms with Gasteiger partial charge >= 0.3 is 5.97 Å². The zero-order valence-electron chi connectivity index (χ0n) is 9.85. The summed E-state index contributed by atoms with van der Waals surface area (Å²) in [6.07, 6.45) is 2.08. The molecule has 0 amide bonds. The Labute approximate surface area is 100 Å². The monoisotopic (exact) mass is 236 g/mol. The van der Waals surface area contributed by atoms with Crippen LogP contribution in [-0.4, -0.2) is 32.4 Å². The van der Waals surface area contributed by atoms with Crippen LogP contribution in [0.4, 0.5) is 0 Å². The zero-order chi connectivity index (χ0) is 12.1. The third kappa shape index (κ3) is 3.20. The summed E-state index contributed by atoms with van der Waals surface area (Å²) in [4.78, 5) is 11.7. The highest BCUT2D eigenvalue weighted by molar-refractivity contribution is 5.89. The van der Waals surface area contributed by atoms with E-state index in [-0.39, 0.29) is 12.1 Å². The van der Waals surface area contributed by atoms with Gasteiger partial charge in [0.2, 0.25) is 0 Å². The number of benzene rings is 1. The Morgan fingerprint density at radius 2 is 2.18 bits per heavy atom. The molecule has 1 atom stereocenters. The topological polar surface area (TPSA) is 44.8 Å². The number of carbonyl (C=O) groups excluding carboxylic acids is 1. The van der Waals surface area contributed by atoms with Crippen molar-refractivity contribution in [2.75, 3.05) is 20.3 Å². The van der Waals surface area contributed by atoms with Crippen molar-refractivity contribution < 1.29 is 19.0 Å². The molecule has 0 aromatic heterocycles. The van der Waals surface area contributed by atoms with Crippen molar-refractivity contribution in [1.29, 1.82) is 0 Å². The lowest BCUT2D eigenvalue weighted by molar-refractivity contribution is 0.0161. The van der Waals surface area contributed by atoms with E-state index in [9.17, 15) is 4.79 Å². The van der Waals surface area contributed by atoms with Gasteiger partial charge in [-0.3, -0.25) is 0 Å². The van der Waals surface area contributed by atoms with Crippen LogP contribution in [-0.2, 0) is 9.47 Å². The van der Waals surface area contributed by atoms with E-state index in [1.807, 2.05) is 0 Å². The summed E-state index contributed by atoms with van der Waals surface area (Å²) in [6.45, 7) is 1.11. The first-order valence-corrected chi connectivity index (χ1v) is 5.72. The molecule has 1 aliphatic rings. The quantitative estimate of drug-likeness (QED) is 0.750. The lowest BCUT2D eigenvalue weighted by Gasteiger charge is -2.10. The van der Waals surface area contributed by atoms with Crippen LogP contribution < -0.4 is 4.74 Å². The Morgan fingerprint density at radius 1 is 1.41 bits per heavy atom. The van der Waals surface area contributed by atoms with Crippen molar-refractivity contribution in [2.24, 2.45) is 0 Å². The van der Waals surface area contributed by atoms with Crippen molar-refractivity contribution in [2.45, 2.75) is 18.9 Å². The standard InChI is InChI=1S/C13H16O4/c1-15-11-6-4-10(5-7-11)13(14)17-9-12-3-2-8-16-12/h4-7,12H,2-3,8-9H2,1H3/t12-/m0/s1. The number of hydrogen-bond donors (Lipinski definition) is 0. The smallest absolute Gasteiger partial charge is 0.338 e. The van der Waals surface area contributed by atoms with E-state index < -0.39 is 0 Å². The molecule has 1 aromatic carbocycles. The SMILES string of the molecule is COc1ccc(C(=O)OC[C@@H]2CCCO2)cc1. The third-order valence-corrected chi connectivity index (χ3v) is 2.75. The van der Waals surface area contributed by atoms with Crippen LogP contribution in [0, 0.1) is 0 Å². The van der Waals surface area contributed by atoms with E-state index in [1.165, 1.54) is 0 Å². The zero-order valence-corrected chi connectivity index (χ0v) is 9.85. The molecule has 17 heavy (non-hydrogen) atoms. The summed E-state index contributed by atoms with van der Waals surface area (Å²) < 4.78 is 15.6. The van der Waals surface area contributed by atoms with E-state index in [1.54, 1.807) is 31.4 Å². The Hall–Kier alpha value is -1.55. The first-order valence-electron chi connectivity index (χ1n) is 5.72. The maximum atomic E-state index is 11.7. The van der Waals surface area contributed by atoms with Crippen molar-refractivity contribution in [3.63, 3.8) is 0 Å². The summed E-state index contributed by atoms with van der Waals surface area (Å²) in [5.41, 5.74) is 0.531. The minimum atomic E-state index is -0.317. The van der Waals surface area contributed by atoms with E-state index in [4.69, 9.17) is 14.2 Å². The fourth-order valence-corrected chi connectivity index (χ4v) is 1.75. The normalized spacial score (nSPS) is 19.0. The average Bonchev–Trinajstić information content (AvgIpc) is 2.89. The Morgan fingerprint density at radius 3 is 2.76 bits per heavy atom. The second kappa shape index (κ2) is 5.68. The van der Waals surface area contributed by atoms with E-state index in [0.717, 1.165) is 25.2 Å². The highest BCUT2D eigenvalue weighted by Crippen LogP contribution is 2.15. The fraction of sp³-hybridized carbons (Fsp3) is 0.462. The van der Waals surface area contributed by atoms with Gasteiger partial charge in [0.15, 0.2) is 0 Å². The molecule has 2 rings (SSSR count). The number of esters is 1. The molecule has 1 saturated heterocycles. The predicted octanol–water partition coefficient (Wildman–Crippen LogP) is 2.03. The van der Waals surface area contributed by atoms with Crippen LogP contribution in [0.25, 0.3) is 0 Å². The minimum absolute atomic E-state index is 0.0669. The maximum absolute atomic E-state index is 11.7. The molecule has 0 spiro atoms. The summed E-state index contributed by atoms with van der Waals surface area (Å²) >= 11 is 0. The molecule has 1 fully saturated rings. The Kier molecular flexibility index (Phi) is 3.98. The van der Waals surface area contributed by atoms with Crippen LogP contribution in [0.1, 0.15) is 23.2 Å². The van der Waals surface area contributed by atoms with E-state index in [2.05, 4.69) is 0 Å². The minimum Gasteiger partial charge on any atom is -0.497 e. The van der Waals surface area contributed by atoms with Crippen LogP contribution in [0.2, 0.25) is 0 Å². The summed E-state index contributed by atoms with van der Waals surface area (Å²) in [5, 5.41) is 0. The second-order valence-corrected chi connectivity index (χ2v) is 3.96. The maximum Gasteiger partial charge on any atom is 0.338 e. The van der Waals surface area contributed by atoms with Crippen LogP contribution >= 0.6 is 0 Å². The number of carbonyl (C=O) groups is 1. The number of hydrogen-bond acceptors (Lipinski definition) is 4. The Balaban J connectivity index is 1.85. The molecule has 0 aliphatic carbocycles. The molecule has 0 unspecified atom stereocenters. The van der Waals surface area contributed by atoms with Crippen molar-refractivity contribution >= 4 is 5.97 Å². The summed E-state index contributed by atoms with van der Waals surface area (Å²) in [7, 11) is 1.59. The largest absolute Gasteiger partial charge is 0.497 e. The van der Waals surface area contributed by atoms with Gasteiger partial charge in [0, 0.05) is 6.61 Å². The van der Waals surface area contributed by atoms with Crippen molar-refractivity contribution in [3.05, 3.63) is 29.8 Å². The average molecular weight is 236 g/mol. The molecular formula is C13H16O4. The molecule has 4 heteroatoms. The highest BCUT2D eigenvalue weighted by Gasteiger charge is 2.17. The molecule has 1 heterocycles. The molecular weight excluding hydrogens is 220 g/mol. The van der Waals surface area contributed by atoms with Crippen LogP contribution in [0.3, 0.4) is 0 Å². The van der Waals surface area contributed by atoms with Gasteiger partial charge < -0.3 is 14.2 Å². The molecule has 92 valence electrons. The van der Waals surface area contributed by atoms with E-state index in [0.29, 0.717) is 12.2 Å². The molecule has 4 nitrogen and oxygen atoms in total. The fourth-order valence-electron chi connectivity index (χ4n) is 1.75. The number of ether oxygens (including phenoxy) is 3. The molecule has 1 aromatic rings. The van der Waals surface area contributed by atoms with Gasteiger partial charge in [-0.05, 0) is 37.1 Å². The van der Waals surface area contributed by atoms with Gasteiger partial charge in [0.25, 0.3) is 0 Å². The van der Waals surface area contributed by atoms with Crippen LogP contribution in [0.5, 0.6) is 5.75 Å². The first-order chi connectivity index (χ1) is 8.29. The lowest BCUT2D eigenvalue weighted by atomic mass is 10.2. The summed E-state index contributed by atoms with van der Waals surface area (Å²) in [5.74, 6) is 0.406. The molecule has 0 radical (unpaired) electrons. The summed E-state index contributed by atoms with van der Waals surface area (Å²) in [6, 6.07) is 6.86. The Bertz CT molecular complexity index is 366. The number of rotatable bonds is 4. The van der Waals surface area contributed by atoms with Gasteiger partial charge in [0.05, 0.1) is 18.8 Å².